The molecule has 0 spiro atoms. The average molecular weight is 223 g/mol. The standard InChI is InChI=1S/C12H17NO3/c1-8-4-5-11(16-3)10(6-8)12(15)13-7-9(2)14/h4-6,9,14H,7H2,1-3H3,(H,13,15)/t9-/m1/s1. The Hall–Kier alpha value is -1.55. The summed E-state index contributed by atoms with van der Waals surface area (Å²) in [6, 6.07) is 5.40. The van der Waals surface area contributed by atoms with Gasteiger partial charge >= 0.3 is 0 Å². The molecule has 1 rings (SSSR count). The zero-order valence-corrected chi connectivity index (χ0v) is 9.78. The molecule has 0 aliphatic heterocycles. The van der Waals surface area contributed by atoms with Gasteiger partial charge in [-0.3, -0.25) is 4.79 Å². The third-order valence-electron chi connectivity index (χ3n) is 2.16. The van der Waals surface area contributed by atoms with Gasteiger partial charge in [-0.05, 0) is 26.0 Å². The van der Waals surface area contributed by atoms with E-state index in [0.717, 1.165) is 5.56 Å². The number of aliphatic hydroxyl groups is 1. The fraction of sp³-hybridized carbons (Fsp3) is 0.417. The van der Waals surface area contributed by atoms with Crippen LogP contribution in [0.1, 0.15) is 22.8 Å². The number of rotatable bonds is 4. The van der Waals surface area contributed by atoms with Crippen LogP contribution in [0.3, 0.4) is 0 Å². The maximum absolute atomic E-state index is 11.8. The minimum absolute atomic E-state index is 0.232. The van der Waals surface area contributed by atoms with Gasteiger partial charge in [-0.15, -0.1) is 0 Å². The number of carbonyl (C=O) groups excluding carboxylic acids is 1. The molecule has 0 saturated carbocycles. The Labute approximate surface area is 95.2 Å². The minimum Gasteiger partial charge on any atom is -0.496 e. The number of carbonyl (C=O) groups is 1. The molecule has 0 unspecified atom stereocenters. The molecule has 1 atom stereocenters. The molecule has 88 valence electrons. The van der Waals surface area contributed by atoms with Crippen LogP contribution in [0.2, 0.25) is 0 Å². The van der Waals surface area contributed by atoms with E-state index in [1.54, 1.807) is 19.1 Å². The van der Waals surface area contributed by atoms with Crippen molar-refractivity contribution in [2.45, 2.75) is 20.0 Å². The van der Waals surface area contributed by atoms with Gasteiger partial charge in [-0.25, -0.2) is 0 Å². The van der Waals surface area contributed by atoms with Crippen molar-refractivity contribution in [2.75, 3.05) is 13.7 Å². The quantitative estimate of drug-likeness (QED) is 0.804. The summed E-state index contributed by atoms with van der Waals surface area (Å²) in [4.78, 5) is 11.8. The van der Waals surface area contributed by atoms with E-state index in [4.69, 9.17) is 9.84 Å². The summed E-state index contributed by atoms with van der Waals surface area (Å²) >= 11 is 0. The minimum atomic E-state index is -0.556. The first-order chi connectivity index (χ1) is 7.54. The van der Waals surface area contributed by atoms with Gasteiger partial charge in [-0.2, -0.15) is 0 Å². The third kappa shape index (κ3) is 3.24. The van der Waals surface area contributed by atoms with Gasteiger partial charge in [0.25, 0.3) is 5.91 Å². The molecule has 0 heterocycles. The molecule has 0 aromatic heterocycles. The van der Waals surface area contributed by atoms with Crippen LogP contribution < -0.4 is 10.1 Å². The van der Waals surface area contributed by atoms with Crippen LogP contribution in [0.4, 0.5) is 0 Å². The second-order valence-electron chi connectivity index (χ2n) is 3.76. The summed E-state index contributed by atoms with van der Waals surface area (Å²) in [7, 11) is 1.52. The van der Waals surface area contributed by atoms with E-state index in [2.05, 4.69) is 5.32 Å². The molecule has 0 fully saturated rings. The predicted octanol–water partition coefficient (Wildman–Crippen LogP) is 1.11. The number of benzene rings is 1. The summed E-state index contributed by atoms with van der Waals surface area (Å²) < 4.78 is 5.10. The topological polar surface area (TPSA) is 58.6 Å². The van der Waals surface area contributed by atoms with Crippen LogP contribution in [0.5, 0.6) is 5.75 Å². The van der Waals surface area contributed by atoms with Crippen molar-refractivity contribution in [1.82, 2.24) is 5.32 Å². The Bertz CT molecular complexity index is 375. The molecule has 0 aliphatic carbocycles. The van der Waals surface area contributed by atoms with Crippen molar-refractivity contribution < 1.29 is 14.6 Å². The Morgan fingerprint density at radius 2 is 2.25 bits per heavy atom. The highest BCUT2D eigenvalue weighted by Gasteiger charge is 2.12. The first-order valence-corrected chi connectivity index (χ1v) is 5.15. The highest BCUT2D eigenvalue weighted by Crippen LogP contribution is 2.19. The number of hydrogen-bond donors (Lipinski definition) is 2. The van der Waals surface area contributed by atoms with Gasteiger partial charge in [0, 0.05) is 6.54 Å². The van der Waals surface area contributed by atoms with E-state index in [1.807, 2.05) is 13.0 Å². The van der Waals surface area contributed by atoms with Gasteiger partial charge in [0.2, 0.25) is 0 Å². The lowest BCUT2D eigenvalue weighted by Gasteiger charge is -2.11. The lowest BCUT2D eigenvalue weighted by molar-refractivity contribution is 0.0921. The van der Waals surface area contributed by atoms with Gasteiger partial charge < -0.3 is 15.2 Å². The number of methoxy groups -OCH3 is 1. The van der Waals surface area contributed by atoms with E-state index < -0.39 is 6.10 Å². The van der Waals surface area contributed by atoms with E-state index in [0.29, 0.717) is 11.3 Å². The van der Waals surface area contributed by atoms with Crippen molar-refractivity contribution in [3.63, 3.8) is 0 Å². The lowest BCUT2D eigenvalue weighted by atomic mass is 10.1. The van der Waals surface area contributed by atoms with Crippen LogP contribution in [0, 0.1) is 6.92 Å². The summed E-state index contributed by atoms with van der Waals surface area (Å²) in [6.07, 6.45) is -0.556. The van der Waals surface area contributed by atoms with Gasteiger partial charge in [0.15, 0.2) is 0 Å². The van der Waals surface area contributed by atoms with Crippen LogP contribution in [0.25, 0.3) is 0 Å². The highest BCUT2D eigenvalue weighted by atomic mass is 16.5. The maximum Gasteiger partial charge on any atom is 0.255 e. The predicted molar refractivity (Wildman–Crippen MR) is 61.7 cm³/mol. The van der Waals surface area contributed by atoms with Crippen molar-refractivity contribution in [1.29, 1.82) is 0 Å². The molecule has 2 N–H and O–H groups in total. The second-order valence-corrected chi connectivity index (χ2v) is 3.76. The largest absolute Gasteiger partial charge is 0.496 e. The smallest absolute Gasteiger partial charge is 0.255 e. The number of amides is 1. The molecule has 0 aliphatic rings. The van der Waals surface area contributed by atoms with E-state index in [1.165, 1.54) is 7.11 Å². The fourth-order valence-corrected chi connectivity index (χ4v) is 1.33. The molecule has 1 aromatic carbocycles. The fourth-order valence-electron chi connectivity index (χ4n) is 1.33. The Kier molecular flexibility index (Phi) is 4.31. The van der Waals surface area contributed by atoms with Crippen LogP contribution >= 0.6 is 0 Å². The average Bonchev–Trinajstić information content (AvgIpc) is 2.25. The van der Waals surface area contributed by atoms with Crippen LogP contribution in [-0.2, 0) is 0 Å². The van der Waals surface area contributed by atoms with Crippen molar-refractivity contribution in [3.8, 4) is 5.75 Å². The number of aliphatic hydroxyl groups excluding tert-OH is 1. The second kappa shape index (κ2) is 5.51. The molecule has 1 amide bonds. The number of nitrogens with one attached hydrogen (secondary N) is 1. The summed E-state index contributed by atoms with van der Waals surface area (Å²) in [5, 5.41) is 11.7. The maximum atomic E-state index is 11.8. The van der Waals surface area contributed by atoms with Crippen molar-refractivity contribution in [2.24, 2.45) is 0 Å². The summed E-state index contributed by atoms with van der Waals surface area (Å²) in [5.41, 5.74) is 1.48. The molecule has 0 bridgehead atoms. The molecule has 16 heavy (non-hydrogen) atoms. The SMILES string of the molecule is COc1ccc(C)cc1C(=O)NC[C@@H](C)O. The third-order valence-corrected chi connectivity index (χ3v) is 2.16. The Morgan fingerprint density at radius 1 is 1.56 bits per heavy atom. The summed E-state index contributed by atoms with van der Waals surface area (Å²) in [5.74, 6) is 0.301. The molecule has 4 heteroatoms. The normalized spacial score (nSPS) is 12.0. The lowest BCUT2D eigenvalue weighted by Crippen LogP contribution is -2.30. The zero-order chi connectivity index (χ0) is 12.1. The zero-order valence-electron chi connectivity index (χ0n) is 9.78. The van der Waals surface area contributed by atoms with Crippen molar-refractivity contribution >= 4 is 5.91 Å². The van der Waals surface area contributed by atoms with Crippen molar-refractivity contribution in [3.05, 3.63) is 29.3 Å². The molecular formula is C12H17NO3. The van der Waals surface area contributed by atoms with Gasteiger partial charge in [0.05, 0.1) is 18.8 Å². The van der Waals surface area contributed by atoms with Gasteiger partial charge in [-0.1, -0.05) is 11.6 Å². The first-order valence-electron chi connectivity index (χ1n) is 5.15. The van der Waals surface area contributed by atoms with E-state index in [9.17, 15) is 4.79 Å². The first kappa shape index (κ1) is 12.5. The van der Waals surface area contributed by atoms with Gasteiger partial charge in [0.1, 0.15) is 5.75 Å². The van der Waals surface area contributed by atoms with E-state index in [-0.39, 0.29) is 12.5 Å². The van der Waals surface area contributed by atoms with E-state index >= 15 is 0 Å². The number of ether oxygens (including phenoxy) is 1. The molecule has 1 aromatic rings. The molecule has 0 radical (unpaired) electrons. The van der Waals surface area contributed by atoms with Crippen LogP contribution in [0.15, 0.2) is 18.2 Å². The Morgan fingerprint density at radius 3 is 2.81 bits per heavy atom. The monoisotopic (exact) mass is 223 g/mol. The number of aryl methyl sites for hydroxylation is 1. The Balaban J connectivity index is 2.84. The molecular weight excluding hydrogens is 206 g/mol. The highest BCUT2D eigenvalue weighted by molar-refractivity contribution is 5.97. The number of hydrogen-bond acceptors (Lipinski definition) is 3. The molecule has 0 saturated heterocycles. The van der Waals surface area contributed by atoms with Crippen LogP contribution in [-0.4, -0.2) is 30.8 Å². The molecule has 4 nitrogen and oxygen atoms in total. The summed E-state index contributed by atoms with van der Waals surface area (Å²) in [6.45, 7) is 3.76.